The highest BCUT2D eigenvalue weighted by Crippen LogP contribution is 2.30. The number of hydrogen-bond acceptors (Lipinski definition) is 7. The molecule has 37 heavy (non-hydrogen) atoms. The van der Waals surface area contributed by atoms with Gasteiger partial charge >= 0.3 is 6.03 Å². The molecule has 0 radical (unpaired) electrons. The lowest BCUT2D eigenvalue weighted by Crippen LogP contribution is -2.48. The number of thiophene rings is 1. The van der Waals surface area contributed by atoms with Crippen LogP contribution in [0.1, 0.15) is 33.3 Å². The van der Waals surface area contributed by atoms with Crippen molar-refractivity contribution in [3.05, 3.63) is 41.3 Å². The van der Waals surface area contributed by atoms with Crippen molar-refractivity contribution in [3.8, 4) is 5.75 Å². The molecule has 1 aliphatic heterocycles. The average Bonchev–Trinajstić information content (AvgIpc) is 3.38. The molecule has 2 aromatic rings. The van der Waals surface area contributed by atoms with Crippen molar-refractivity contribution in [3.63, 3.8) is 0 Å². The number of anilines is 1. The fraction of sp³-hybridized carbons (Fsp3) is 0.520. The molecule has 1 aromatic heterocycles. The Balaban J connectivity index is 1.95. The molecule has 10 nitrogen and oxygen atoms in total. The van der Waals surface area contributed by atoms with Gasteiger partial charge in [-0.2, -0.15) is 4.31 Å². The van der Waals surface area contributed by atoms with Gasteiger partial charge in [0.25, 0.3) is 10.0 Å². The van der Waals surface area contributed by atoms with Crippen LogP contribution in [-0.4, -0.2) is 79.6 Å². The van der Waals surface area contributed by atoms with Crippen LogP contribution < -0.4 is 15.4 Å². The Hall–Kier alpha value is -2.67. The third-order valence-electron chi connectivity index (χ3n) is 6.19. The number of aliphatic hydroxyl groups excluding tert-OH is 1. The van der Waals surface area contributed by atoms with Crippen molar-refractivity contribution in [2.75, 3.05) is 32.1 Å². The fourth-order valence-corrected chi connectivity index (χ4v) is 6.45. The second-order valence-electron chi connectivity index (χ2n) is 9.68. The predicted octanol–water partition coefficient (Wildman–Crippen LogP) is 2.75. The molecular weight excluding hydrogens is 516 g/mol. The van der Waals surface area contributed by atoms with Gasteiger partial charge in [0.05, 0.1) is 25.6 Å². The fourth-order valence-electron chi connectivity index (χ4n) is 4.07. The van der Waals surface area contributed by atoms with Crippen LogP contribution in [0.2, 0.25) is 0 Å². The first kappa shape index (κ1) is 28.9. The highest BCUT2D eigenvalue weighted by atomic mass is 32.2. The predicted molar refractivity (Wildman–Crippen MR) is 143 cm³/mol. The van der Waals surface area contributed by atoms with Crippen LogP contribution in [0.25, 0.3) is 0 Å². The van der Waals surface area contributed by atoms with E-state index >= 15 is 0 Å². The minimum Gasteiger partial charge on any atom is -0.488 e. The molecule has 2 heterocycles. The van der Waals surface area contributed by atoms with Gasteiger partial charge in [-0.05, 0) is 50.4 Å². The number of carbonyl (C=O) groups excluding carboxylic acids is 2. The number of benzene rings is 1. The van der Waals surface area contributed by atoms with Gasteiger partial charge in [0.15, 0.2) is 0 Å². The molecule has 12 heteroatoms. The monoisotopic (exact) mass is 552 g/mol. The van der Waals surface area contributed by atoms with Gasteiger partial charge in [0.1, 0.15) is 16.1 Å². The average molecular weight is 553 g/mol. The maximum Gasteiger partial charge on any atom is 0.319 e. The Bertz CT molecular complexity index is 1190. The zero-order valence-corrected chi connectivity index (χ0v) is 23.4. The molecule has 1 aromatic carbocycles. The van der Waals surface area contributed by atoms with E-state index in [1.54, 1.807) is 47.5 Å². The number of carbonyl (C=O) groups is 2. The summed E-state index contributed by atoms with van der Waals surface area (Å²) in [5.41, 5.74) is 1.06. The van der Waals surface area contributed by atoms with Gasteiger partial charge in [-0.15, -0.1) is 11.3 Å². The second kappa shape index (κ2) is 12.2. The summed E-state index contributed by atoms with van der Waals surface area (Å²) in [6, 6.07) is 7.47. The first-order valence-corrected chi connectivity index (χ1v) is 14.5. The molecule has 0 aliphatic carbocycles. The number of rotatable bonds is 8. The Kier molecular flexibility index (Phi) is 9.57. The van der Waals surface area contributed by atoms with E-state index in [2.05, 4.69) is 10.6 Å². The van der Waals surface area contributed by atoms with E-state index in [9.17, 15) is 23.1 Å². The zero-order valence-electron chi connectivity index (χ0n) is 21.8. The molecule has 0 bridgehead atoms. The van der Waals surface area contributed by atoms with Crippen molar-refractivity contribution in [1.29, 1.82) is 0 Å². The lowest BCUT2D eigenvalue weighted by molar-refractivity contribution is -0.134. The van der Waals surface area contributed by atoms with Crippen molar-refractivity contribution < 1.29 is 27.9 Å². The van der Waals surface area contributed by atoms with E-state index in [0.717, 1.165) is 11.3 Å². The highest BCUT2D eigenvalue weighted by Gasteiger charge is 2.33. The molecule has 3 amide bonds. The Morgan fingerprint density at radius 3 is 2.65 bits per heavy atom. The minimum atomic E-state index is -3.70. The van der Waals surface area contributed by atoms with E-state index in [1.165, 1.54) is 11.4 Å². The van der Waals surface area contributed by atoms with Crippen LogP contribution in [-0.2, 0) is 21.2 Å². The number of aliphatic hydroxyl groups is 1. The Labute approximate surface area is 222 Å². The zero-order chi connectivity index (χ0) is 27.3. The molecule has 0 unspecified atom stereocenters. The molecule has 204 valence electrons. The van der Waals surface area contributed by atoms with Gasteiger partial charge < -0.3 is 25.4 Å². The maximum absolute atomic E-state index is 13.3. The standard InChI is InChI=1S/C25H36N4O6S2/c1-16(2)26-25(32)27-20-8-9-21-19(11-20)12-23(31)29(18(4)15-30)13-17(3)22(35-21)14-28(5)37(33,34)24-7-6-10-36-24/h6-11,16-18,22,30H,12-15H2,1-5H3,(H2,26,27,32)/t17-,18-,22+/m0/s1. The third-order valence-corrected chi connectivity index (χ3v) is 9.39. The first-order valence-electron chi connectivity index (χ1n) is 12.2. The molecule has 3 N–H and O–H groups in total. The third kappa shape index (κ3) is 7.22. The summed E-state index contributed by atoms with van der Waals surface area (Å²) in [6.45, 7) is 7.51. The topological polar surface area (TPSA) is 128 Å². The maximum atomic E-state index is 13.3. The normalized spacial score (nSPS) is 19.5. The van der Waals surface area contributed by atoms with Gasteiger partial charge in [-0.25, -0.2) is 13.2 Å². The number of sulfonamides is 1. The molecule has 3 atom stereocenters. The number of hydrogen-bond donors (Lipinski definition) is 3. The van der Waals surface area contributed by atoms with Gasteiger partial charge in [-0.1, -0.05) is 13.0 Å². The Morgan fingerprint density at radius 2 is 2.03 bits per heavy atom. The second-order valence-corrected chi connectivity index (χ2v) is 12.9. The van der Waals surface area contributed by atoms with Crippen LogP contribution in [0.5, 0.6) is 5.75 Å². The van der Waals surface area contributed by atoms with E-state index < -0.39 is 22.2 Å². The smallest absolute Gasteiger partial charge is 0.319 e. The van der Waals surface area contributed by atoms with Crippen LogP contribution in [0.4, 0.5) is 10.5 Å². The number of nitrogens with one attached hydrogen (secondary N) is 2. The van der Waals surface area contributed by atoms with Crippen LogP contribution >= 0.6 is 11.3 Å². The molecule has 0 fully saturated rings. The number of urea groups is 1. The molecule has 3 rings (SSSR count). The van der Waals surface area contributed by atoms with Crippen molar-refractivity contribution in [1.82, 2.24) is 14.5 Å². The number of likely N-dealkylation sites (N-methyl/N-ethyl adjacent to an activating group) is 1. The summed E-state index contributed by atoms with van der Waals surface area (Å²) >= 11 is 1.15. The van der Waals surface area contributed by atoms with E-state index in [-0.39, 0.29) is 54.2 Å². The summed E-state index contributed by atoms with van der Waals surface area (Å²) < 4.78 is 34.0. The molecule has 0 saturated carbocycles. The lowest BCUT2D eigenvalue weighted by atomic mass is 10.0. The van der Waals surface area contributed by atoms with Gasteiger partial charge in [0.2, 0.25) is 5.91 Å². The van der Waals surface area contributed by atoms with E-state index in [1.807, 2.05) is 20.8 Å². The minimum absolute atomic E-state index is 0.00374. The van der Waals surface area contributed by atoms with Gasteiger partial charge in [0, 0.05) is 36.8 Å². The van der Waals surface area contributed by atoms with Crippen molar-refractivity contribution in [2.24, 2.45) is 5.92 Å². The summed E-state index contributed by atoms with van der Waals surface area (Å²) in [4.78, 5) is 27.1. The van der Waals surface area contributed by atoms with Crippen LogP contribution in [0.3, 0.4) is 0 Å². The molecule has 1 aliphatic rings. The number of ether oxygens (including phenoxy) is 1. The summed E-state index contributed by atoms with van der Waals surface area (Å²) in [5.74, 6) is 0.00203. The number of nitrogens with zero attached hydrogens (tertiary/aromatic N) is 2. The molecular formula is C25H36N4O6S2. The van der Waals surface area contributed by atoms with Gasteiger partial charge in [-0.3, -0.25) is 4.79 Å². The van der Waals surface area contributed by atoms with E-state index in [4.69, 9.17) is 4.74 Å². The summed E-state index contributed by atoms with van der Waals surface area (Å²) in [6.07, 6.45) is -0.579. The lowest BCUT2D eigenvalue weighted by Gasteiger charge is -2.33. The van der Waals surface area contributed by atoms with Crippen molar-refractivity contribution in [2.45, 2.75) is 56.5 Å². The van der Waals surface area contributed by atoms with E-state index in [0.29, 0.717) is 17.0 Å². The summed E-state index contributed by atoms with van der Waals surface area (Å²) in [5, 5.41) is 17.0. The highest BCUT2D eigenvalue weighted by molar-refractivity contribution is 7.91. The largest absolute Gasteiger partial charge is 0.488 e. The first-order chi connectivity index (χ1) is 17.4. The quantitative estimate of drug-likeness (QED) is 0.462. The molecule has 0 spiro atoms. The summed E-state index contributed by atoms with van der Waals surface area (Å²) in [7, 11) is -2.19. The number of fused-ring (bicyclic) bond motifs is 1. The van der Waals surface area contributed by atoms with Crippen LogP contribution in [0, 0.1) is 5.92 Å². The van der Waals surface area contributed by atoms with Crippen molar-refractivity contribution >= 4 is 39.0 Å². The SMILES string of the molecule is CC(C)NC(=O)Nc1ccc2c(c1)CC(=O)N([C@@H](C)CO)C[C@H](C)[C@@H](CN(C)S(=O)(=O)c1cccs1)O2. The van der Waals surface area contributed by atoms with Crippen LogP contribution in [0.15, 0.2) is 39.9 Å². The Morgan fingerprint density at radius 1 is 1.30 bits per heavy atom. The number of amides is 3. The molecule has 0 saturated heterocycles.